The first-order valence-electron chi connectivity index (χ1n) is 13.2. The SMILES string of the molecule is CN(CCS(C)(=O)=O)C(=O)c1ccc(-n2nc(C(C)(C)C)cc2NC(=O)Nc2ccc(Oc3cccnc3)cc2)cc1. The van der Waals surface area contributed by atoms with Crippen molar-refractivity contribution in [3.63, 3.8) is 0 Å². The van der Waals surface area contributed by atoms with Crippen LogP contribution in [0.2, 0.25) is 0 Å². The van der Waals surface area contributed by atoms with Crippen molar-refractivity contribution in [2.24, 2.45) is 0 Å². The van der Waals surface area contributed by atoms with Gasteiger partial charge >= 0.3 is 6.03 Å². The summed E-state index contributed by atoms with van der Waals surface area (Å²) in [6, 6.07) is 18.6. The summed E-state index contributed by atoms with van der Waals surface area (Å²) in [5.41, 5.74) is 2.07. The van der Waals surface area contributed by atoms with Gasteiger partial charge in [0.05, 0.1) is 23.3 Å². The number of aromatic nitrogens is 3. The lowest BCUT2D eigenvalue weighted by Crippen LogP contribution is -2.31. The van der Waals surface area contributed by atoms with Gasteiger partial charge in [0, 0.05) is 48.8 Å². The molecule has 0 atom stereocenters. The first kappa shape index (κ1) is 30.3. The highest BCUT2D eigenvalue weighted by Gasteiger charge is 2.22. The minimum absolute atomic E-state index is 0.0942. The number of sulfone groups is 1. The van der Waals surface area contributed by atoms with E-state index in [1.54, 1.807) is 84.8 Å². The Bertz CT molecular complexity index is 1650. The Kier molecular flexibility index (Phi) is 8.96. The molecule has 0 radical (unpaired) electrons. The average molecular weight is 591 g/mol. The number of nitrogens with one attached hydrogen (secondary N) is 2. The third-order valence-corrected chi connectivity index (χ3v) is 7.13. The molecule has 2 heterocycles. The largest absolute Gasteiger partial charge is 0.456 e. The van der Waals surface area contributed by atoms with Crippen molar-refractivity contribution in [3.8, 4) is 17.2 Å². The molecule has 0 saturated heterocycles. The molecule has 0 aliphatic heterocycles. The fourth-order valence-corrected chi connectivity index (χ4v) is 4.44. The number of carbonyl (C=O) groups excluding carboxylic acids is 2. The first-order valence-corrected chi connectivity index (χ1v) is 15.2. The first-order chi connectivity index (χ1) is 19.8. The molecule has 0 unspecified atom stereocenters. The Hall–Kier alpha value is -4.71. The zero-order valence-corrected chi connectivity index (χ0v) is 25.0. The predicted molar refractivity (Wildman–Crippen MR) is 162 cm³/mol. The minimum atomic E-state index is -3.19. The number of nitrogens with zero attached hydrogens (tertiary/aromatic N) is 4. The second-order valence-electron chi connectivity index (χ2n) is 10.9. The van der Waals surface area contributed by atoms with Crippen LogP contribution in [0.5, 0.6) is 11.5 Å². The number of hydrogen-bond acceptors (Lipinski definition) is 7. The molecule has 220 valence electrons. The summed E-state index contributed by atoms with van der Waals surface area (Å²) < 4.78 is 30.3. The Balaban J connectivity index is 1.48. The van der Waals surface area contributed by atoms with Gasteiger partial charge in [-0.25, -0.2) is 17.9 Å². The molecule has 0 aliphatic carbocycles. The fourth-order valence-electron chi connectivity index (χ4n) is 3.83. The molecular weight excluding hydrogens is 556 g/mol. The Labute approximate surface area is 245 Å². The van der Waals surface area contributed by atoms with Crippen LogP contribution in [0.1, 0.15) is 36.8 Å². The number of hydrogen-bond donors (Lipinski definition) is 2. The zero-order valence-electron chi connectivity index (χ0n) is 24.2. The molecule has 11 nitrogen and oxygen atoms in total. The molecule has 0 fully saturated rings. The van der Waals surface area contributed by atoms with E-state index in [1.165, 1.54) is 4.90 Å². The number of anilines is 2. The second kappa shape index (κ2) is 12.4. The fraction of sp³-hybridized carbons (Fsp3) is 0.267. The molecule has 2 N–H and O–H groups in total. The van der Waals surface area contributed by atoms with Crippen LogP contribution in [0.4, 0.5) is 16.3 Å². The quantitative estimate of drug-likeness (QED) is 0.276. The summed E-state index contributed by atoms with van der Waals surface area (Å²) in [5, 5.41) is 10.4. The normalized spacial score (nSPS) is 11.5. The van der Waals surface area contributed by atoms with Gasteiger partial charge in [-0.1, -0.05) is 20.8 Å². The van der Waals surface area contributed by atoms with Crippen LogP contribution in [-0.4, -0.2) is 65.6 Å². The smallest absolute Gasteiger partial charge is 0.324 e. The molecule has 0 bridgehead atoms. The van der Waals surface area contributed by atoms with Gasteiger partial charge in [0.15, 0.2) is 0 Å². The summed E-state index contributed by atoms with van der Waals surface area (Å²) in [5.74, 6) is 1.24. The van der Waals surface area contributed by atoms with Crippen molar-refractivity contribution in [2.75, 3.05) is 36.2 Å². The second-order valence-corrected chi connectivity index (χ2v) is 13.1. The van der Waals surface area contributed by atoms with Gasteiger partial charge in [-0.3, -0.25) is 15.1 Å². The summed E-state index contributed by atoms with van der Waals surface area (Å²) >= 11 is 0. The number of carbonyl (C=O) groups is 2. The van der Waals surface area contributed by atoms with Crippen LogP contribution < -0.4 is 15.4 Å². The number of benzene rings is 2. The number of rotatable bonds is 9. The summed E-state index contributed by atoms with van der Waals surface area (Å²) in [6.07, 6.45) is 4.41. The van der Waals surface area contributed by atoms with Gasteiger partial charge in [0.1, 0.15) is 27.2 Å². The lowest BCUT2D eigenvalue weighted by atomic mass is 9.92. The van der Waals surface area contributed by atoms with Gasteiger partial charge in [-0.05, 0) is 60.7 Å². The molecule has 0 saturated carbocycles. The van der Waals surface area contributed by atoms with Crippen molar-refractivity contribution in [2.45, 2.75) is 26.2 Å². The molecule has 2 aromatic carbocycles. The van der Waals surface area contributed by atoms with E-state index < -0.39 is 15.9 Å². The molecule has 0 spiro atoms. The monoisotopic (exact) mass is 590 g/mol. The van der Waals surface area contributed by atoms with Gasteiger partial charge in [0.25, 0.3) is 5.91 Å². The summed E-state index contributed by atoms with van der Waals surface area (Å²) in [7, 11) is -1.63. The van der Waals surface area contributed by atoms with E-state index in [4.69, 9.17) is 9.84 Å². The average Bonchev–Trinajstić information content (AvgIpc) is 3.37. The van der Waals surface area contributed by atoms with Crippen LogP contribution in [0.25, 0.3) is 5.69 Å². The standard InChI is InChI=1S/C30H34N6O5S/c1-30(2,3)26-19-27(33-29(38)32-22-10-14-24(15-11-22)41-25-7-6-16-31-20-25)36(34-26)23-12-8-21(9-13-23)28(37)35(4)17-18-42(5,39)40/h6-16,19-20H,17-18H2,1-5H3,(H2,32,33,38). The van der Waals surface area contributed by atoms with E-state index in [0.29, 0.717) is 34.3 Å². The molecule has 0 aliphatic rings. The third-order valence-electron chi connectivity index (χ3n) is 6.20. The van der Waals surface area contributed by atoms with E-state index >= 15 is 0 Å². The maximum Gasteiger partial charge on any atom is 0.324 e. The minimum Gasteiger partial charge on any atom is -0.456 e. The molecule has 4 rings (SSSR count). The highest BCUT2D eigenvalue weighted by atomic mass is 32.2. The number of ether oxygens (including phenoxy) is 1. The molecule has 2 aromatic heterocycles. The Morgan fingerprint density at radius 2 is 1.67 bits per heavy atom. The van der Waals surface area contributed by atoms with Crippen LogP contribution >= 0.6 is 0 Å². The molecule has 12 heteroatoms. The van der Waals surface area contributed by atoms with Gasteiger partial charge in [-0.2, -0.15) is 5.10 Å². The van der Waals surface area contributed by atoms with Crippen molar-refractivity contribution < 1.29 is 22.7 Å². The molecule has 3 amide bonds. The Morgan fingerprint density at radius 1 is 0.976 bits per heavy atom. The Morgan fingerprint density at radius 3 is 2.26 bits per heavy atom. The zero-order chi connectivity index (χ0) is 30.5. The maximum absolute atomic E-state index is 13.0. The van der Waals surface area contributed by atoms with E-state index in [9.17, 15) is 18.0 Å². The number of urea groups is 1. The van der Waals surface area contributed by atoms with Gasteiger partial charge in [0.2, 0.25) is 0 Å². The topological polar surface area (TPSA) is 136 Å². The van der Waals surface area contributed by atoms with Crippen molar-refractivity contribution >= 4 is 33.3 Å². The van der Waals surface area contributed by atoms with Crippen molar-refractivity contribution in [1.29, 1.82) is 0 Å². The van der Waals surface area contributed by atoms with E-state index in [2.05, 4.69) is 15.6 Å². The van der Waals surface area contributed by atoms with Gasteiger partial charge < -0.3 is 15.0 Å². The van der Waals surface area contributed by atoms with E-state index in [-0.39, 0.29) is 23.6 Å². The van der Waals surface area contributed by atoms with E-state index in [1.807, 2.05) is 26.8 Å². The van der Waals surface area contributed by atoms with E-state index in [0.717, 1.165) is 11.9 Å². The van der Waals surface area contributed by atoms with Crippen LogP contribution in [0.3, 0.4) is 0 Å². The van der Waals surface area contributed by atoms with Crippen LogP contribution in [0, 0.1) is 0 Å². The lowest BCUT2D eigenvalue weighted by Gasteiger charge is -2.17. The highest BCUT2D eigenvalue weighted by Crippen LogP contribution is 2.27. The van der Waals surface area contributed by atoms with Gasteiger partial charge in [-0.15, -0.1) is 0 Å². The maximum atomic E-state index is 13.0. The summed E-state index contributed by atoms with van der Waals surface area (Å²) in [4.78, 5) is 31.1. The highest BCUT2D eigenvalue weighted by molar-refractivity contribution is 7.90. The molecule has 42 heavy (non-hydrogen) atoms. The predicted octanol–water partition coefficient (Wildman–Crippen LogP) is 5.12. The summed E-state index contributed by atoms with van der Waals surface area (Å²) in [6.45, 7) is 6.16. The number of amides is 3. The van der Waals surface area contributed by atoms with Crippen LogP contribution in [0.15, 0.2) is 79.1 Å². The van der Waals surface area contributed by atoms with Crippen LogP contribution in [-0.2, 0) is 15.3 Å². The van der Waals surface area contributed by atoms with Crippen molar-refractivity contribution in [1.82, 2.24) is 19.7 Å². The molecular formula is C30H34N6O5S. The van der Waals surface area contributed by atoms with Crippen molar-refractivity contribution in [3.05, 3.63) is 90.4 Å². The number of pyridine rings is 1. The third kappa shape index (κ3) is 8.16. The molecule has 4 aromatic rings. The lowest BCUT2D eigenvalue weighted by molar-refractivity contribution is 0.0803.